The van der Waals surface area contributed by atoms with Crippen molar-refractivity contribution in [2.45, 2.75) is 77.2 Å². The van der Waals surface area contributed by atoms with E-state index in [1.807, 2.05) is 56.3 Å². The number of nitrogens with zero attached hydrogens (tertiary/aromatic N) is 1. The molecule has 0 spiro atoms. The number of amides is 1. The molecule has 1 fully saturated rings. The first-order chi connectivity index (χ1) is 27.5. The number of nitrogen functional groups attached to an aromatic ring is 1. The van der Waals surface area contributed by atoms with E-state index in [4.69, 9.17) is 29.4 Å². The van der Waals surface area contributed by atoms with E-state index in [0.717, 1.165) is 5.56 Å². The number of para-hydroxylation sites is 2. The van der Waals surface area contributed by atoms with Crippen LogP contribution < -0.4 is 20.1 Å². The summed E-state index contributed by atoms with van der Waals surface area (Å²) in [6.45, 7) is 11.4. The molecule has 1 saturated heterocycles. The zero-order valence-electron chi connectivity index (χ0n) is 34.0. The number of aliphatic hydroxyl groups is 2. The summed E-state index contributed by atoms with van der Waals surface area (Å²) in [4.78, 5) is 41.4. The molecule has 3 aromatic rings. The molecule has 1 heterocycles. The van der Waals surface area contributed by atoms with Crippen molar-refractivity contribution in [1.29, 1.82) is 0 Å². The van der Waals surface area contributed by atoms with Gasteiger partial charge in [0, 0.05) is 25.3 Å². The minimum atomic E-state index is -2.01. The maximum absolute atomic E-state index is 13.8. The third-order valence-electron chi connectivity index (χ3n) is 11.6. The van der Waals surface area contributed by atoms with Crippen molar-refractivity contribution in [3.05, 3.63) is 119 Å². The van der Waals surface area contributed by atoms with E-state index in [2.05, 4.69) is 13.5 Å². The van der Waals surface area contributed by atoms with E-state index >= 15 is 0 Å². The van der Waals surface area contributed by atoms with Crippen molar-refractivity contribution < 1.29 is 48.3 Å². The van der Waals surface area contributed by atoms with Crippen LogP contribution in [-0.4, -0.2) is 72.6 Å². The molecule has 12 heteroatoms. The fourth-order valence-electron chi connectivity index (χ4n) is 8.66. The van der Waals surface area contributed by atoms with E-state index in [1.54, 1.807) is 50.4 Å². The molecule has 0 radical (unpaired) electrons. The molecule has 6 unspecified atom stereocenters. The molecule has 308 valence electrons. The van der Waals surface area contributed by atoms with Gasteiger partial charge in [-0.15, -0.1) is 0 Å². The van der Waals surface area contributed by atoms with Crippen LogP contribution in [-0.2, 0) is 36.6 Å². The minimum Gasteiger partial charge on any atom is -0.493 e. The molecule has 12 nitrogen and oxygen atoms in total. The van der Waals surface area contributed by atoms with Crippen LogP contribution in [0.15, 0.2) is 108 Å². The largest absolute Gasteiger partial charge is 0.493 e. The van der Waals surface area contributed by atoms with Gasteiger partial charge >= 0.3 is 12.1 Å². The highest BCUT2D eigenvalue weighted by Crippen LogP contribution is 2.51. The van der Waals surface area contributed by atoms with Crippen LogP contribution in [0.1, 0.15) is 51.7 Å². The lowest BCUT2D eigenvalue weighted by molar-refractivity contribution is -0.384. The predicted molar refractivity (Wildman–Crippen MR) is 219 cm³/mol. The van der Waals surface area contributed by atoms with Gasteiger partial charge in [0.15, 0.2) is 17.3 Å². The zero-order chi connectivity index (χ0) is 41.9. The standard InChI is InChI=1S/C46H54N2O10/c1-27(2)39-20-28(3)42-34(30(5)57-46(53,58-39)25-31-13-9-8-10-14-31)21-33(24-45(52)35(42)19-29(4)43(45)50)26-55-41(49)23-32-17-18-38(40(22-32)54-7)56-44(51)48(6)37-16-12-11-15-36(37)47/h8-19,21-22,28,30,34-35,39,42,52-53H,1,20,23-26,47H2,2-7H3/t28-,30?,34?,35?,39?,42?,45?,46-/m1/s1. The number of rotatable bonds is 10. The van der Waals surface area contributed by atoms with Gasteiger partial charge in [-0.1, -0.05) is 79.8 Å². The fourth-order valence-corrected chi connectivity index (χ4v) is 8.66. The van der Waals surface area contributed by atoms with Gasteiger partial charge in [0.05, 0.1) is 43.5 Å². The number of ketones is 1. The van der Waals surface area contributed by atoms with E-state index in [1.165, 1.54) is 18.1 Å². The Morgan fingerprint density at radius 1 is 0.983 bits per heavy atom. The topological polar surface area (TPSA) is 167 Å². The quantitative estimate of drug-likeness (QED) is 0.113. The van der Waals surface area contributed by atoms with Gasteiger partial charge in [0.2, 0.25) is 0 Å². The summed E-state index contributed by atoms with van der Waals surface area (Å²) < 4.78 is 29.8. The van der Waals surface area contributed by atoms with Crippen LogP contribution in [0.4, 0.5) is 16.2 Å². The van der Waals surface area contributed by atoms with Crippen molar-refractivity contribution in [2.24, 2.45) is 23.7 Å². The lowest BCUT2D eigenvalue weighted by Crippen LogP contribution is -2.48. The number of benzene rings is 3. The van der Waals surface area contributed by atoms with Crippen LogP contribution in [0.3, 0.4) is 0 Å². The third-order valence-corrected chi connectivity index (χ3v) is 11.6. The highest BCUT2D eigenvalue weighted by molar-refractivity contribution is 6.04. The normalized spacial score (nSPS) is 28.2. The van der Waals surface area contributed by atoms with E-state index in [-0.39, 0.29) is 55.0 Å². The second kappa shape index (κ2) is 17.3. The molecule has 1 aliphatic heterocycles. The number of ether oxygens (including phenoxy) is 5. The van der Waals surface area contributed by atoms with Crippen molar-refractivity contribution in [2.75, 3.05) is 31.4 Å². The number of hydrogen-bond acceptors (Lipinski definition) is 11. The lowest BCUT2D eigenvalue weighted by atomic mass is 9.67. The summed E-state index contributed by atoms with van der Waals surface area (Å²) in [5.74, 6) is -4.01. The molecular formula is C46H54N2O10. The highest BCUT2D eigenvalue weighted by atomic mass is 16.8. The Morgan fingerprint density at radius 2 is 1.69 bits per heavy atom. The van der Waals surface area contributed by atoms with Gasteiger partial charge in [-0.05, 0) is 85.6 Å². The number of anilines is 2. The second-order valence-corrected chi connectivity index (χ2v) is 16.0. The number of carbonyl (C=O) groups is 3. The molecule has 4 N–H and O–H groups in total. The average molecular weight is 795 g/mol. The molecule has 58 heavy (non-hydrogen) atoms. The second-order valence-electron chi connectivity index (χ2n) is 16.0. The molecule has 0 bridgehead atoms. The summed E-state index contributed by atoms with van der Waals surface area (Å²) >= 11 is 0. The number of esters is 1. The van der Waals surface area contributed by atoms with Crippen LogP contribution in [0, 0.1) is 23.7 Å². The van der Waals surface area contributed by atoms with Crippen LogP contribution in [0.5, 0.6) is 11.5 Å². The Labute approximate surface area is 339 Å². The number of nitrogens with two attached hydrogens (primary N) is 1. The molecule has 2 aliphatic carbocycles. The minimum absolute atomic E-state index is 0.0459. The third kappa shape index (κ3) is 9.05. The number of Topliss-reactive ketones (excluding diaryl/α,β-unsaturated/α-hetero) is 1. The average Bonchev–Trinajstić information content (AvgIpc) is 3.32. The van der Waals surface area contributed by atoms with Crippen molar-refractivity contribution in [3.8, 4) is 11.5 Å². The smallest absolute Gasteiger partial charge is 0.419 e. The van der Waals surface area contributed by atoms with E-state index in [9.17, 15) is 24.6 Å². The van der Waals surface area contributed by atoms with Gasteiger partial charge in [-0.3, -0.25) is 14.5 Å². The van der Waals surface area contributed by atoms with Gasteiger partial charge in [-0.25, -0.2) is 4.79 Å². The van der Waals surface area contributed by atoms with Gasteiger partial charge in [0.1, 0.15) is 12.2 Å². The van der Waals surface area contributed by atoms with E-state index < -0.39 is 47.7 Å². The Hall–Kier alpha value is -5.27. The Morgan fingerprint density at radius 3 is 2.38 bits per heavy atom. The van der Waals surface area contributed by atoms with Gasteiger partial charge in [-0.2, -0.15) is 0 Å². The summed E-state index contributed by atoms with van der Waals surface area (Å²) in [6.07, 6.45) is 2.21. The molecule has 3 aliphatic rings. The first-order valence-corrected chi connectivity index (χ1v) is 19.6. The summed E-state index contributed by atoms with van der Waals surface area (Å²) in [7, 11) is 2.97. The first-order valence-electron chi connectivity index (χ1n) is 19.6. The van der Waals surface area contributed by atoms with Gasteiger partial charge in [0.25, 0.3) is 5.97 Å². The number of hydrogen-bond donors (Lipinski definition) is 3. The summed E-state index contributed by atoms with van der Waals surface area (Å²) in [6, 6.07) is 21.1. The number of fused-ring (bicyclic) bond motifs is 3. The molecular weight excluding hydrogens is 741 g/mol. The van der Waals surface area contributed by atoms with Crippen LogP contribution in [0.2, 0.25) is 0 Å². The van der Waals surface area contributed by atoms with E-state index in [0.29, 0.717) is 40.1 Å². The van der Waals surface area contributed by atoms with Crippen molar-refractivity contribution in [1.82, 2.24) is 0 Å². The van der Waals surface area contributed by atoms with Gasteiger partial charge < -0.3 is 39.6 Å². The zero-order valence-corrected chi connectivity index (χ0v) is 34.0. The number of methoxy groups -OCH3 is 1. The first kappa shape index (κ1) is 42.3. The molecule has 0 saturated carbocycles. The maximum Gasteiger partial charge on any atom is 0.419 e. The molecule has 0 aromatic heterocycles. The molecule has 6 rings (SSSR count). The maximum atomic E-state index is 13.8. The fraction of sp³-hybridized carbons (Fsp3) is 0.413. The monoisotopic (exact) mass is 794 g/mol. The van der Waals surface area contributed by atoms with Crippen molar-refractivity contribution in [3.63, 3.8) is 0 Å². The number of carbonyl (C=O) groups excluding carboxylic acids is 3. The summed E-state index contributed by atoms with van der Waals surface area (Å²) in [5, 5.41) is 24.4. The Balaban J connectivity index is 1.23. The van der Waals surface area contributed by atoms with Crippen molar-refractivity contribution >= 4 is 29.2 Å². The SMILES string of the molecule is C=C(C)C1C[C@@H](C)C2C(C=C(COC(=O)Cc3ccc(OC(=O)N(C)c4ccccc4N)c(OC)c3)CC3(O)C(=O)C(C)=CC23)C(C)O[C@](O)(Cc2ccccc2)O1. The van der Waals surface area contributed by atoms with Crippen LogP contribution >= 0.6 is 0 Å². The Bertz CT molecular complexity index is 2100. The molecule has 3 aromatic carbocycles. The molecule has 1 amide bonds. The summed E-state index contributed by atoms with van der Waals surface area (Å²) in [5.41, 5.74) is 8.23. The highest BCUT2D eigenvalue weighted by Gasteiger charge is 2.56. The molecule has 8 atom stereocenters. The Kier molecular flexibility index (Phi) is 12.6. The predicted octanol–water partition coefficient (Wildman–Crippen LogP) is 6.73. The lowest BCUT2D eigenvalue weighted by Gasteiger charge is -2.40. The van der Waals surface area contributed by atoms with Crippen LogP contribution in [0.25, 0.3) is 0 Å².